The van der Waals surface area contributed by atoms with Gasteiger partial charge in [0.15, 0.2) is 0 Å². The van der Waals surface area contributed by atoms with Gasteiger partial charge in [-0.2, -0.15) is 0 Å². The zero-order valence-electron chi connectivity index (χ0n) is 9.87. The average molecular weight is 236 g/mol. The lowest BCUT2D eigenvalue weighted by Gasteiger charge is -2.14. The van der Waals surface area contributed by atoms with Crippen LogP contribution in [-0.4, -0.2) is 11.9 Å². The average Bonchev–Trinajstić information content (AvgIpc) is 2.28. The van der Waals surface area contributed by atoms with Crippen LogP contribution >= 0.6 is 0 Å². The van der Waals surface area contributed by atoms with E-state index in [-0.39, 0.29) is 11.6 Å². The zero-order valence-corrected chi connectivity index (χ0v) is 9.87. The number of amides is 1. The molecule has 0 radical (unpaired) electrons. The van der Waals surface area contributed by atoms with E-state index in [1.807, 2.05) is 13.0 Å². The van der Waals surface area contributed by atoms with Crippen molar-refractivity contribution in [1.29, 1.82) is 0 Å². The number of hydrogen-bond acceptors (Lipinski definition) is 2. The molecule has 0 aliphatic rings. The minimum atomic E-state index is -0.759. The Morgan fingerprint density at radius 3 is 2.94 bits per heavy atom. The number of primary amides is 1. The molecule has 92 valence electrons. The summed E-state index contributed by atoms with van der Waals surface area (Å²) >= 11 is 0. The van der Waals surface area contributed by atoms with Crippen LogP contribution in [-0.2, 0) is 0 Å². The third-order valence-corrected chi connectivity index (χ3v) is 2.45. The number of hydrogen-bond donors (Lipinski definition) is 2. The summed E-state index contributed by atoms with van der Waals surface area (Å²) in [4.78, 5) is 11.0. The minimum absolute atomic E-state index is 0.0917. The van der Waals surface area contributed by atoms with E-state index in [2.05, 4.69) is 11.9 Å². The van der Waals surface area contributed by atoms with E-state index in [4.69, 9.17) is 5.73 Å². The largest absolute Gasteiger partial charge is 0.383 e. The van der Waals surface area contributed by atoms with Gasteiger partial charge in [0.25, 0.3) is 5.91 Å². The van der Waals surface area contributed by atoms with Gasteiger partial charge in [0.05, 0.1) is 5.56 Å². The van der Waals surface area contributed by atoms with Crippen molar-refractivity contribution in [1.82, 2.24) is 0 Å². The minimum Gasteiger partial charge on any atom is -0.383 e. The zero-order chi connectivity index (χ0) is 12.8. The molecular weight excluding hydrogens is 219 g/mol. The van der Waals surface area contributed by atoms with Crippen molar-refractivity contribution in [2.45, 2.75) is 25.8 Å². The first kappa shape index (κ1) is 13.2. The monoisotopic (exact) mass is 236 g/mol. The molecule has 3 nitrogen and oxygen atoms in total. The summed E-state index contributed by atoms with van der Waals surface area (Å²) in [6.45, 7) is 5.66. The summed E-state index contributed by atoms with van der Waals surface area (Å²) in [5.41, 5.74) is 5.67. The van der Waals surface area contributed by atoms with Crippen molar-refractivity contribution in [2.75, 3.05) is 5.32 Å². The molecule has 0 aliphatic heterocycles. The molecule has 1 amide bonds. The molecule has 1 aromatic rings. The second-order valence-corrected chi connectivity index (χ2v) is 3.97. The maximum Gasteiger partial charge on any atom is 0.251 e. The Morgan fingerprint density at radius 1 is 1.65 bits per heavy atom. The molecule has 0 saturated carbocycles. The molecular formula is C13H17FN2O. The Bertz CT molecular complexity index is 418. The molecule has 0 aromatic heterocycles. The molecule has 0 spiro atoms. The normalized spacial score (nSPS) is 11.9. The Hall–Kier alpha value is -1.84. The molecule has 1 unspecified atom stereocenters. The highest BCUT2D eigenvalue weighted by Crippen LogP contribution is 2.16. The van der Waals surface area contributed by atoms with Crippen molar-refractivity contribution < 1.29 is 9.18 Å². The predicted octanol–water partition coefficient (Wildman–Crippen LogP) is 2.69. The topological polar surface area (TPSA) is 55.1 Å². The highest BCUT2D eigenvalue weighted by molar-refractivity contribution is 5.94. The lowest BCUT2D eigenvalue weighted by molar-refractivity contribution is 0.0996. The number of rotatable bonds is 6. The van der Waals surface area contributed by atoms with E-state index in [9.17, 15) is 9.18 Å². The van der Waals surface area contributed by atoms with Crippen LogP contribution in [0.5, 0.6) is 0 Å². The van der Waals surface area contributed by atoms with Crippen LogP contribution in [0.2, 0.25) is 0 Å². The van der Waals surface area contributed by atoms with E-state index >= 15 is 0 Å². The summed E-state index contributed by atoms with van der Waals surface area (Å²) in [6, 6.07) is 4.48. The highest BCUT2D eigenvalue weighted by Gasteiger charge is 2.09. The number of carbonyl (C=O) groups excluding carboxylic acids is 1. The van der Waals surface area contributed by atoms with Crippen molar-refractivity contribution in [3.05, 3.63) is 42.2 Å². The number of nitrogens with two attached hydrogens (primary N) is 1. The Kier molecular flexibility index (Phi) is 4.69. The predicted molar refractivity (Wildman–Crippen MR) is 67.4 cm³/mol. The van der Waals surface area contributed by atoms with Gasteiger partial charge in [-0.25, -0.2) is 4.39 Å². The summed E-state index contributed by atoms with van der Waals surface area (Å²) in [5, 5.41) is 3.18. The first-order valence-corrected chi connectivity index (χ1v) is 5.51. The Labute approximate surface area is 101 Å². The fourth-order valence-corrected chi connectivity index (χ4v) is 1.53. The molecule has 0 saturated heterocycles. The summed E-state index contributed by atoms with van der Waals surface area (Å²) in [6.07, 6.45) is 3.67. The summed E-state index contributed by atoms with van der Waals surface area (Å²) < 4.78 is 13.2. The van der Waals surface area contributed by atoms with E-state index in [0.717, 1.165) is 12.8 Å². The van der Waals surface area contributed by atoms with Gasteiger partial charge in [-0.3, -0.25) is 4.79 Å². The van der Waals surface area contributed by atoms with E-state index in [1.165, 1.54) is 12.1 Å². The van der Waals surface area contributed by atoms with Gasteiger partial charge in [0.1, 0.15) is 5.82 Å². The van der Waals surface area contributed by atoms with Crippen molar-refractivity contribution in [2.24, 2.45) is 5.73 Å². The van der Waals surface area contributed by atoms with Crippen LogP contribution in [0.15, 0.2) is 30.9 Å². The van der Waals surface area contributed by atoms with Gasteiger partial charge < -0.3 is 11.1 Å². The van der Waals surface area contributed by atoms with Crippen LogP contribution in [0.4, 0.5) is 10.1 Å². The van der Waals surface area contributed by atoms with Crippen LogP contribution in [0, 0.1) is 5.82 Å². The summed E-state index contributed by atoms with van der Waals surface area (Å²) in [5.74, 6) is -1.35. The van der Waals surface area contributed by atoms with Gasteiger partial charge in [-0.1, -0.05) is 6.08 Å². The molecule has 0 fully saturated rings. The number of halogens is 1. The second kappa shape index (κ2) is 6.03. The van der Waals surface area contributed by atoms with E-state index in [0.29, 0.717) is 5.69 Å². The molecule has 1 aromatic carbocycles. The van der Waals surface area contributed by atoms with E-state index < -0.39 is 11.7 Å². The Morgan fingerprint density at radius 2 is 2.35 bits per heavy atom. The molecule has 0 aliphatic carbocycles. The third-order valence-electron chi connectivity index (χ3n) is 2.45. The fraction of sp³-hybridized carbons (Fsp3) is 0.308. The van der Waals surface area contributed by atoms with E-state index in [1.54, 1.807) is 6.07 Å². The maximum absolute atomic E-state index is 13.2. The molecule has 0 bridgehead atoms. The third kappa shape index (κ3) is 3.90. The standard InChI is InChI=1S/C13H17FN2O/c1-3-4-5-9(2)16-10-6-7-12(14)11(8-10)13(15)17/h3,6-9,16H,1,4-5H2,2H3,(H2,15,17). The lowest BCUT2D eigenvalue weighted by Crippen LogP contribution is -2.17. The van der Waals surface area contributed by atoms with Crippen LogP contribution < -0.4 is 11.1 Å². The SMILES string of the molecule is C=CCCC(C)Nc1ccc(F)c(C(N)=O)c1. The molecule has 4 heteroatoms. The van der Waals surface area contributed by atoms with Crippen LogP contribution in [0.1, 0.15) is 30.1 Å². The lowest BCUT2D eigenvalue weighted by atomic mass is 10.1. The number of anilines is 1. The van der Waals surface area contributed by atoms with Gasteiger partial charge in [0, 0.05) is 11.7 Å². The maximum atomic E-state index is 13.2. The first-order chi connectivity index (χ1) is 8.04. The molecule has 3 N–H and O–H groups in total. The first-order valence-electron chi connectivity index (χ1n) is 5.51. The molecule has 17 heavy (non-hydrogen) atoms. The van der Waals surface area contributed by atoms with Crippen LogP contribution in [0.3, 0.4) is 0 Å². The van der Waals surface area contributed by atoms with Crippen molar-refractivity contribution in [3.8, 4) is 0 Å². The molecule has 1 rings (SSSR count). The smallest absolute Gasteiger partial charge is 0.251 e. The summed E-state index contributed by atoms with van der Waals surface area (Å²) in [7, 11) is 0. The number of allylic oxidation sites excluding steroid dienone is 1. The highest BCUT2D eigenvalue weighted by atomic mass is 19.1. The van der Waals surface area contributed by atoms with Crippen molar-refractivity contribution >= 4 is 11.6 Å². The quantitative estimate of drug-likeness (QED) is 0.746. The molecule has 1 atom stereocenters. The van der Waals surface area contributed by atoms with Gasteiger partial charge in [-0.15, -0.1) is 6.58 Å². The van der Waals surface area contributed by atoms with Gasteiger partial charge in [-0.05, 0) is 38.0 Å². The fourth-order valence-electron chi connectivity index (χ4n) is 1.53. The van der Waals surface area contributed by atoms with Crippen LogP contribution in [0.25, 0.3) is 0 Å². The Balaban J connectivity index is 2.75. The second-order valence-electron chi connectivity index (χ2n) is 3.97. The van der Waals surface area contributed by atoms with Gasteiger partial charge >= 0.3 is 0 Å². The van der Waals surface area contributed by atoms with Gasteiger partial charge in [0.2, 0.25) is 0 Å². The van der Waals surface area contributed by atoms with Crippen molar-refractivity contribution in [3.63, 3.8) is 0 Å². The number of carbonyl (C=O) groups is 1. The number of nitrogens with one attached hydrogen (secondary N) is 1. The number of benzene rings is 1. The molecule has 0 heterocycles.